The standard InChI is InChI=1S/C27H50N2O7S/c1-6-28(27-11-10-25(4)26(5)24-27)12-15-33-17-19-35-21-22-36-20-18-34-16-14-29(7-2,8-3)13-9-23-37(30,31)32/h10-11,24H,6-9,12-23H2,1-5H3/p+1. The molecule has 0 aliphatic heterocycles. The largest absolute Gasteiger partial charge is 0.377 e. The van der Waals surface area contributed by atoms with Crippen molar-refractivity contribution in [2.24, 2.45) is 0 Å². The van der Waals surface area contributed by atoms with E-state index in [0.29, 0.717) is 65.8 Å². The predicted molar refractivity (Wildman–Crippen MR) is 149 cm³/mol. The second-order valence-corrected chi connectivity index (χ2v) is 10.9. The van der Waals surface area contributed by atoms with Crippen LogP contribution < -0.4 is 4.90 Å². The molecule has 9 nitrogen and oxygen atoms in total. The molecule has 216 valence electrons. The van der Waals surface area contributed by atoms with Crippen molar-refractivity contribution in [2.75, 3.05) is 103 Å². The maximum atomic E-state index is 11.0. The third kappa shape index (κ3) is 15.0. The molecule has 0 saturated heterocycles. The van der Waals surface area contributed by atoms with Crippen LogP contribution in [-0.2, 0) is 29.1 Å². The van der Waals surface area contributed by atoms with Crippen LogP contribution in [0.1, 0.15) is 38.3 Å². The summed E-state index contributed by atoms with van der Waals surface area (Å²) in [4.78, 5) is 2.32. The number of benzene rings is 1. The van der Waals surface area contributed by atoms with Gasteiger partial charge in [-0.05, 0) is 57.9 Å². The van der Waals surface area contributed by atoms with E-state index in [0.717, 1.165) is 37.2 Å². The van der Waals surface area contributed by atoms with Gasteiger partial charge in [0.25, 0.3) is 10.1 Å². The first-order valence-electron chi connectivity index (χ1n) is 13.6. The lowest BCUT2D eigenvalue weighted by Gasteiger charge is -2.36. The molecule has 0 atom stereocenters. The Labute approximate surface area is 225 Å². The summed E-state index contributed by atoms with van der Waals surface area (Å²) in [5, 5.41) is 0. The van der Waals surface area contributed by atoms with E-state index >= 15 is 0 Å². The van der Waals surface area contributed by atoms with E-state index in [9.17, 15) is 8.42 Å². The number of hydrogen-bond donors (Lipinski definition) is 1. The van der Waals surface area contributed by atoms with Crippen LogP contribution in [0.4, 0.5) is 5.69 Å². The highest BCUT2D eigenvalue weighted by molar-refractivity contribution is 7.85. The third-order valence-electron chi connectivity index (χ3n) is 6.95. The fraction of sp³-hybridized carbons (Fsp3) is 0.778. The fourth-order valence-corrected chi connectivity index (χ4v) is 4.63. The zero-order valence-corrected chi connectivity index (χ0v) is 24.6. The second-order valence-electron chi connectivity index (χ2n) is 9.36. The Morgan fingerprint density at radius 2 is 1.32 bits per heavy atom. The maximum Gasteiger partial charge on any atom is 0.265 e. The zero-order chi connectivity index (χ0) is 27.6. The van der Waals surface area contributed by atoms with E-state index in [4.69, 9.17) is 23.5 Å². The minimum absolute atomic E-state index is 0.193. The van der Waals surface area contributed by atoms with E-state index in [2.05, 4.69) is 57.7 Å². The molecule has 0 spiro atoms. The predicted octanol–water partition coefficient (Wildman–Crippen LogP) is 3.33. The van der Waals surface area contributed by atoms with Gasteiger partial charge < -0.3 is 28.3 Å². The SMILES string of the molecule is CCN(CCOCCOCCOCCOCC[N+](CC)(CC)CCCS(=O)(=O)O)c1ccc(C)c(C)c1. The van der Waals surface area contributed by atoms with Crippen molar-refractivity contribution in [2.45, 2.75) is 41.0 Å². The van der Waals surface area contributed by atoms with Crippen molar-refractivity contribution in [1.29, 1.82) is 0 Å². The summed E-state index contributed by atoms with van der Waals surface area (Å²) >= 11 is 0. The summed E-state index contributed by atoms with van der Waals surface area (Å²) < 4.78 is 54.2. The van der Waals surface area contributed by atoms with Gasteiger partial charge in [0, 0.05) is 25.2 Å². The van der Waals surface area contributed by atoms with Gasteiger partial charge in [-0.1, -0.05) is 6.07 Å². The second kappa shape index (κ2) is 18.9. The van der Waals surface area contributed by atoms with E-state index in [-0.39, 0.29) is 5.75 Å². The first-order valence-corrected chi connectivity index (χ1v) is 15.2. The first kappa shape index (κ1) is 33.8. The van der Waals surface area contributed by atoms with E-state index in [1.54, 1.807) is 0 Å². The Kier molecular flexibility index (Phi) is 17.2. The van der Waals surface area contributed by atoms with E-state index in [1.165, 1.54) is 16.8 Å². The van der Waals surface area contributed by atoms with Crippen molar-refractivity contribution in [3.63, 3.8) is 0 Å². The topological polar surface area (TPSA) is 94.5 Å². The molecule has 0 radical (unpaired) electrons. The maximum absolute atomic E-state index is 11.0. The Morgan fingerprint density at radius 1 is 0.784 bits per heavy atom. The minimum Gasteiger partial charge on any atom is -0.377 e. The number of quaternary nitrogens is 1. The minimum atomic E-state index is -3.90. The monoisotopic (exact) mass is 547 g/mol. The number of ether oxygens (including phenoxy) is 4. The number of rotatable bonds is 23. The van der Waals surface area contributed by atoms with Gasteiger partial charge in [0.05, 0.1) is 78.2 Å². The molecule has 1 aromatic rings. The molecule has 0 heterocycles. The molecule has 37 heavy (non-hydrogen) atoms. The van der Waals surface area contributed by atoms with Gasteiger partial charge in [-0.15, -0.1) is 0 Å². The van der Waals surface area contributed by atoms with Crippen molar-refractivity contribution >= 4 is 15.8 Å². The van der Waals surface area contributed by atoms with Gasteiger partial charge in [0.1, 0.15) is 6.54 Å². The van der Waals surface area contributed by atoms with Crippen LogP contribution in [0.5, 0.6) is 0 Å². The van der Waals surface area contributed by atoms with E-state index < -0.39 is 10.1 Å². The summed E-state index contributed by atoms with van der Waals surface area (Å²) in [6, 6.07) is 6.56. The first-order chi connectivity index (χ1) is 17.7. The highest BCUT2D eigenvalue weighted by Gasteiger charge is 2.23. The van der Waals surface area contributed by atoms with Crippen molar-refractivity contribution in [1.82, 2.24) is 0 Å². The number of likely N-dealkylation sites (N-methyl/N-ethyl adjacent to an activating group) is 2. The Balaban J connectivity index is 2.02. The Morgan fingerprint density at radius 3 is 1.81 bits per heavy atom. The van der Waals surface area contributed by atoms with Crippen molar-refractivity contribution in [3.05, 3.63) is 29.3 Å². The number of nitrogens with zero attached hydrogens (tertiary/aromatic N) is 2. The Hall–Kier alpha value is -1.27. The lowest BCUT2D eigenvalue weighted by atomic mass is 10.1. The molecular formula is C27H51N2O7S+. The number of aryl methyl sites for hydroxylation is 2. The van der Waals surface area contributed by atoms with Crippen LogP contribution in [0.2, 0.25) is 0 Å². The van der Waals surface area contributed by atoms with Crippen LogP contribution >= 0.6 is 0 Å². The average Bonchev–Trinajstić information content (AvgIpc) is 2.86. The van der Waals surface area contributed by atoms with Crippen LogP contribution in [0.15, 0.2) is 18.2 Å². The summed E-state index contributed by atoms with van der Waals surface area (Å²) in [5.74, 6) is -0.193. The van der Waals surface area contributed by atoms with Crippen molar-refractivity contribution in [3.8, 4) is 0 Å². The van der Waals surface area contributed by atoms with Gasteiger partial charge in [-0.25, -0.2) is 0 Å². The molecule has 0 aliphatic rings. The van der Waals surface area contributed by atoms with Crippen LogP contribution in [0.3, 0.4) is 0 Å². The molecule has 1 N–H and O–H groups in total. The Bertz CT molecular complexity index is 832. The summed E-state index contributed by atoms with van der Waals surface area (Å²) in [6.07, 6.45) is 0.443. The lowest BCUT2D eigenvalue weighted by molar-refractivity contribution is -0.925. The summed E-state index contributed by atoms with van der Waals surface area (Å²) in [5.41, 5.74) is 3.85. The molecule has 0 amide bonds. The molecule has 1 rings (SSSR count). The van der Waals surface area contributed by atoms with Gasteiger partial charge in [-0.2, -0.15) is 8.42 Å². The van der Waals surface area contributed by atoms with Crippen LogP contribution in [0.25, 0.3) is 0 Å². The third-order valence-corrected chi connectivity index (χ3v) is 7.75. The smallest absolute Gasteiger partial charge is 0.265 e. The molecule has 1 aromatic carbocycles. The normalized spacial score (nSPS) is 12.3. The molecular weight excluding hydrogens is 496 g/mol. The highest BCUT2D eigenvalue weighted by atomic mass is 32.2. The van der Waals surface area contributed by atoms with Gasteiger partial charge >= 0.3 is 0 Å². The lowest BCUT2D eigenvalue weighted by Crippen LogP contribution is -2.50. The molecule has 0 fully saturated rings. The van der Waals surface area contributed by atoms with Crippen molar-refractivity contribution < 1.29 is 36.4 Å². The van der Waals surface area contributed by atoms with Gasteiger partial charge in [-0.3, -0.25) is 4.55 Å². The highest BCUT2D eigenvalue weighted by Crippen LogP contribution is 2.18. The quantitative estimate of drug-likeness (QED) is 0.127. The number of anilines is 1. The molecule has 10 heteroatoms. The van der Waals surface area contributed by atoms with Crippen LogP contribution in [0, 0.1) is 13.8 Å². The van der Waals surface area contributed by atoms with Gasteiger partial charge in [0.2, 0.25) is 0 Å². The molecule has 0 aromatic heterocycles. The molecule has 0 aliphatic carbocycles. The molecule has 0 unspecified atom stereocenters. The zero-order valence-electron chi connectivity index (χ0n) is 23.7. The average molecular weight is 548 g/mol. The van der Waals surface area contributed by atoms with Gasteiger partial charge in [0.15, 0.2) is 0 Å². The summed E-state index contributed by atoms with van der Waals surface area (Å²) in [6.45, 7) is 20.1. The fourth-order valence-electron chi connectivity index (χ4n) is 4.14. The summed E-state index contributed by atoms with van der Waals surface area (Å²) in [7, 11) is -3.90. The number of hydrogen-bond acceptors (Lipinski definition) is 7. The van der Waals surface area contributed by atoms with Crippen LogP contribution in [-0.4, -0.2) is 115 Å². The molecule has 0 bridgehead atoms. The van der Waals surface area contributed by atoms with E-state index in [1.807, 2.05) is 0 Å². The molecule has 0 saturated carbocycles.